The maximum absolute atomic E-state index is 5.89. The summed E-state index contributed by atoms with van der Waals surface area (Å²) in [5, 5.41) is 0. The Hall–Kier alpha value is -0.740. The third kappa shape index (κ3) is 2.75. The lowest BCUT2D eigenvalue weighted by atomic mass is 9.97. The molecule has 2 rings (SSSR count). The number of ether oxygens (including phenoxy) is 2. The summed E-state index contributed by atoms with van der Waals surface area (Å²) in [6, 6.07) is 3.94. The van der Waals surface area contributed by atoms with E-state index in [1.807, 2.05) is 19.1 Å². The summed E-state index contributed by atoms with van der Waals surface area (Å²) >= 11 is 3.51. The van der Waals surface area contributed by atoms with Crippen molar-refractivity contribution in [3.05, 3.63) is 22.2 Å². The zero-order valence-electron chi connectivity index (χ0n) is 10.4. The maximum Gasteiger partial charge on any atom is 0.175 e. The Morgan fingerprint density at radius 3 is 2.59 bits per heavy atom. The predicted molar refractivity (Wildman–Crippen MR) is 71.5 cm³/mol. The Morgan fingerprint density at radius 2 is 1.94 bits per heavy atom. The molecule has 3 nitrogen and oxygen atoms in total. The van der Waals surface area contributed by atoms with E-state index >= 15 is 0 Å². The molecule has 0 saturated carbocycles. The fraction of sp³-hybridized carbons (Fsp3) is 0.538. The minimum absolute atomic E-state index is 0.0172. The van der Waals surface area contributed by atoms with E-state index in [0.717, 1.165) is 21.5 Å². The van der Waals surface area contributed by atoms with E-state index in [4.69, 9.17) is 15.2 Å². The van der Waals surface area contributed by atoms with Crippen LogP contribution in [-0.4, -0.2) is 13.2 Å². The van der Waals surface area contributed by atoms with Gasteiger partial charge >= 0.3 is 0 Å². The van der Waals surface area contributed by atoms with Crippen LogP contribution in [0.25, 0.3) is 0 Å². The number of halogens is 1. The largest absolute Gasteiger partial charge is 0.489 e. The van der Waals surface area contributed by atoms with Gasteiger partial charge in [0.1, 0.15) is 0 Å². The van der Waals surface area contributed by atoms with Gasteiger partial charge in [0.2, 0.25) is 0 Å². The van der Waals surface area contributed by atoms with Gasteiger partial charge in [0.25, 0.3) is 0 Å². The Kier molecular flexibility index (Phi) is 3.36. The highest BCUT2D eigenvalue weighted by Gasteiger charge is 2.26. The van der Waals surface area contributed by atoms with E-state index in [9.17, 15) is 0 Å². The Morgan fingerprint density at radius 1 is 1.29 bits per heavy atom. The first kappa shape index (κ1) is 12.7. The zero-order valence-corrected chi connectivity index (χ0v) is 12.0. The molecule has 1 heterocycles. The molecule has 1 aromatic rings. The molecule has 0 radical (unpaired) electrons. The van der Waals surface area contributed by atoms with Crippen molar-refractivity contribution in [2.75, 3.05) is 13.2 Å². The first-order valence-electron chi connectivity index (χ1n) is 5.74. The number of rotatable bonds is 1. The quantitative estimate of drug-likeness (QED) is 0.865. The monoisotopic (exact) mass is 299 g/mol. The van der Waals surface area contributed by atoms with E-state index in [-0.39, 0.29) is 11.5 Å². The maximum atomic E-state index is 5.89. The second-order valence-electron chi connectivity index (χ2n) is 5.36. The smallest absolute Gasteiger partial charge is 0.175 e. The summed E-state index contributed by atoms with van der Waals surface area (Å²) < 4.78 is 12.5. The van der Waals surface area contributed by atoms with E-state index in [1.54, 1.807) is 0 Å². The summed E-state index contributed by atoms with van der Waals surface area (Å²) in [5.41, 5.74) is 6.95. The molecular weight excluding hydrogens is 282 g/mol. The molecule has 0 aliphatic carbocycles. The fourth-order valence-electron chi connectivity index (χ4n) is 1.68. The summed E-state index contributed by atoms with van der Waals surface area (Å²) in [5.74, 6) is 1.55. The first-order valence-corrected chi connectivity index (χ1v) is 6.53. The van der Waals surface area contributed by atoms with Crippen LogP contribution in [0.4, 0.5) is 0 Å². The Balaban J connectivity index is 2.39. The molecule has 1 unspecified atom stereocenters. The van der Waals surface area contributed by atoms with Gasteiger partial charge in [-0.2, -0.15) is 0 Å². The molecule has 1 aliphatic rings. The molecule has 0 amide bonds. The Bertz CT molecular complexity index is 430. The highest BCUT2D eigenvalue weighted by molar-refractivity contribution is 9.10. The molecule has 0 aromatic heterocycles. The number of fused-ring (bicyclic) bond motifs is 1. The minimum atomic E-state index is -0.0172. The molecular formula is C13H18BrNO2. The summed E-state index contributed by atoms with van der Waals surface area (Å²) in [6.45, 7) is 7.50. The van der Waals surface area contributed by atoms with Crippen LogP contribution in [0, 0.1) is 5.41 Å². The van der Waals surface area contributed by atoms with Gasteiger partial charge in [-0.15, -0.1) is 0 Å². The number of hydrogen-bond donors (Lipinski definition) is 1. The number of benzene rings is 1. The van der Waals surface area contributed by atoms with E-state index in [0.29, 0.717) is 13.2 Å². The highest BCUT2D eigenvalue weighted by atomic mass is 79.9. The second-order valence-corrected chi connectivity index (χ2v) is 6.21. The third-order valence-corrected chi connectivity index (χ3v) is 3.37. The fourth-order valence-corrected chi connectivity index (χ4v) is 2.25. The van der Waals surface area contributed by atoms with Crippen molar-refractivity contribution in [3.63, 3.8) is 0 Å². The van der Waals surface area contributed by atoms with Crippen LogP contribution >= 0.6 is 15.9 Å². The van der Waals surface area contributed by atoms with E-state index in [2.05, 4.69) is 29.8 Å². The van der Waals surface area contributed by atoms with Crippen molar-refractivity contribution >= 4 is 15.9 Å². The Labute approximate surface area is 110 Å². The lowest BCUT2D eigenvalue weighted by Crippen LogP contribution is -2.26. The molecule has 4 heteroatoms. The molecule has 0 saturated heterocycles. The number of nitrogens with two attached hydrogens (primary N) is 1. The third-order valence-electron chi connectivity index (χ3n) is 2.78. The number of hydrogen-bond acceptors (Lipinski definition) is 3. The average Bonchev–Trinajstić information content (AvgIpc) is 2.38. The van der Waals surface area contributed by atoms with Crippen LogP contribution in [0.3, 0.4) is 0 Å². The average molecular weight is 300 g/mol. The summed E-state index contributed by atoms with van der Waals surface area (Å²) in [7, 11) is 0. The molecule has 94 valence electrons. The van der Waals surface area contributed by atoms with Crippen molar-refractivity contribution < 1.29 is 9.47 Å². The van der Waals surface area contributed by atoms with Crippen LogP contribution in [-0.2, 0) is 0 Å². The van der Waals surface area contributed by atoms with Gasteiger partial charge in [-0.1, -0.05) is 13.8 Å². The molecule has 2 N–H and O–H groups in total. The minimum Gasteiger partial charge on any atom is -0.489 e. The molecule has 0 fully saturated rings. The van der Waals surface area contributed by atoms with Gasteiger partial charge in [0.05, 0.1) is 17.7 Å². The molecule has 0 spiro atoms. The normalized spacial score (nSPS) is 19.6. The lowest BCUT2D eigenvalue weighted by Gasteiger charge is -2.19. The summed E-state index contributed by atoms with van der Waals surface area (Å²) in [6.07, 6.45) is 0. The SMILES string of the molecule is CC(N)c1cc(Br)c2c(c1)OCC(C)(C)CO2. The van der Waals surface area contributed by atoms with Crippen LogP contribution in [0.1, 0.15) is 32.4 Å². The lowest BCUT2D eigenvalue weighted by molar-refractivity contribution is 0.140. The van der Waals surface area contributed by atoms with Crippen LogP contribution < -0.4 is 15.2 Å². The van der Waals surface area contributed by atoms with Gasteiger partial charge in [-0.25, -0.2) is 0 Å². The summed E-state index contributed by atoms with van der Waals surface area (Å²) in [4.78, 5) is 0. The first-order chi connectivity index (χ1) is 7.89. The topological polar surface area (TPSA) is 44.5 Å². The predicted octanol–water partition coefficient (Wildman–Crippen LogP) is 3.27. The van der Waals surface area contributed by atoms with Gasteiger partial charge < -0.3 is 15.2 Å². The molecule has 17 heavy (non-hydrogen) atoms. The van der Waals surface area contributed by atoms with Crippen LogP contribution in [0.5, 0.6) is 11.5 Å². The molecule has 1 atom stereocenters. The molecule has 0 bridgehead atoms. The van der Waals surface area contributed by atoms with E-state index < -0.39 is 0 Å². The second kappa shape index (κ2) is 4.50. The van der Waals surface area contributed by atoms with Crippen molar-refractivity contribution in [1.29, 1.82) is 0 Å². The van der Waals surface area contributed by atoms with Crippen LogP contribution in [0.15, 0.2) is 16.6 Å². The van der Waals surface area contributed by atoms with Crippen molar-refractivity contribution in [2.24, 2.45) is 11.1 Å². The molecule has 1 aromatic carbocycles. The van der Waals surface area contributed by atoms with Crippen molar-refractivity contribution in [1.82, 2.24) is 0 Å². The van der Waals surface area contributed by atoms with Crippen molar-refractivity contribution in [3.8, 4) is 11.5 Å². The van der Waals surface area contributed by atoms with Crippen molar-refractivity contribution in [2.45, 2.75) is 26.8 Å². The standard InChI is InChI=1S/C13H18BrNO2/c1-8(15)9-4-10(14)12-11(5-9)16-6-13(2,3)7-17-12/h4-5,8H,6-7,15H2,1-3H3. The van der Waals surface area contributed by atoms with Gasteiger partial charge in [0.15, 0.2) is 11.5 Å². The van der Waals surface area contributed by atoms with Gasteiger partial charge in [0, 0.05) is 11.5 Å². The zero-order chi connectivity index (χ0) is 12.6. The van der Waals surface area contributed by atoms with Crippen LogP contribution in [0.2, 0.25) is 0 Å². The molecule has 1 aliphatic heterocycles. The van der Waals surface area contributed by atoms with E-state index in [1.165, 1.54) is 0 Å². The van der Waals surface area contributed by atoms with Gasteiger partial charge in [-0.3, -0.25) is 0 Å². The highest BCUT2D eigenvalue weighted by Crippen LogP contribution is 2.41. The van der Waals surface area contributed by atoms with Gasteiger partial charge in [-0.05, 0) is 40.5 Å².